The monoisotopic (exact) mass is 296 g/mol. The molecule has 0 saturated heterocycles. The van der Waals surface area contributed by atoms with Crippen molar-refractivity contribution in [1.29, 1.82) is 0 Å². The van der Waals surface area contributed by atoms with E-state index >= 15 is 0 Å². The summed E-state index contributed by atoms with van der Waals surface area (Å²) in [5.41, 5.74) is 1.01. The number of fused-ring (bicyclic) bond motifs is 1. The van der Waals surface area contributed by atoms with Gasteiger partial charge in [-0.05, 0) is 24.5 Å². The van der Waals surface area contributed by atoms with Gasteiger partial charge in [0.2, 0.25) is 0 Å². The maximum atomic E-state index is 11.7. The average Bonchev–Trinajstić information content (AvgIpc) is 2.75. The van der Waals surface area contributed by atoms with Crippen LogP contribution in [0.25, 0.3) is 0 Å². The van der Waals surface area contributed by atoms with Crippen molar-refractivity contribution in [2.75, 3.05) is 13.7 Å². The molecule has 4 heteroatoms. The van der Waals surface area contributed by atoms with Gasteiger partial charge in [-0.25, -0.2) is 0 Å². The van der Waals surface area contributed by atoms with Crippen LogP contribution in [0, 0.1) is 0 Å². The van der Waals surface area contributed by atoms with Crippen molar-refractivity contribution >= 4 is 6.09 Å². The van der Waals surface area contributed by atoms with Gasteiger partial charge in [0.25, 0.3) is 0 Å². The average molecular weight is 296 g/mol. The summed E-state index contributed by atoms with van der Waals surface area (Å²) in [6, 6.07) is 17.3. The summed E-state index contributed by atoms with van der Waals surface area (Å²) < 4.78 is 5.82. The lowest BCUT2D eigenvalue weighted by molar-refractivity contribution is -0.269. The number of carboxylic acid groups (broad SMARTS) is 1. The second kappa shape index (κ2) is 5.72. The van der Waals surface area contributed by atoms with E-state index in [1.165, 1.54) is 4.90 Å². The van der Waals surface area contributed by atoms with Crippen LogP contribution < -0.4 is 9.84 Å². The highest BCUT2D eigenvalue weighted by molar-refractivity contribution is 5.66. The second-order valence-corrected chi connectivity index (χ2v) is 5.50. The summed E-state index contributed by atoms with van der Waals surface area (Å²) in [6.45, 7) is 0.576. The number of carbonyl (C=O) groups is 1. The van der Waals surface area contributed by atoms with Crippen LogP contribution >= 0.6 is 0 Å². The highest BCUT2D eigenvalue weighted by Crippen LogP contribution is 2.45. The van der Waals surface area contributed by atoms with E-state index < -0.39 is 11.6 Å². The third-order valence-corrected chi connectivity index (χ3v) is 4.37. The summed E-state index contributed by atoms with van der Waals surface area (Å²) >= 11 is 0. The number of rotatable bonds is 2. The zero-order chi connectivity index (χ0) is 15.6. The molecule has 2 aromatic rings. The van der Waals surface area contributed by atoms with E-state index in [0.29, 0.717) is 13.0 Å². The van der Waals surface area contributed by atoms with Gasteiger partial charge in [0.05, 0.1) is 12.1 Å². The fraction of sp³-hybridized carbons (Fsp3) is 0.278. The Kier molecular flexibility index (Phi) is 3.75. The highest BCUT2D eigenvalue weighted by atomic mass is 16.5. The fourth-order valence-electron chi connectivity index (χ4n) is 3.29. The zero-order valence-electron chi connectivity index (χ0n) is 12.5. The lowest BCUT2D eigenvalue weighted by atomic mass is 9.78. The largest absolute Gasteiger partial charge is 0.530 e. The highest BCUT2D eigenvalue weighted by Gasteiger charge is 2.41. The van der Waals surface area contributed by atoms with E-state index in [-0.39, 0.29) is 0 Å². The first-order chi connectivity index (χ1) is 10.7. The number of benzene rings is 2. The Morgan fingerprint density at radius 3 is 2.55 bits per heavy atom. The van der Waals surface area contributed by atoms with E-state index in [9.17, 15) is 9.90 Å². The van der Waals surface area contributed by atoms with E-state index in [1.54, 1.807) is 7.05 Å². The molecule has 0 fully saturated rings. The molecule has 0 N–H and O–H groups in total. The van der Waals surface area contributed by atoms with Crippen LogP contribution in [-0.4, -0.2) is 24.6 Å². The first-order valence-corrected chi connectivity index (χ1v) is 7.39. The summed E-state index contributed by atoms with van der Waals surface area (Å²) in [6.07, 6.45) is 0.222. The van der Waals surface area contributed by atoms with Gasteiger partial charge in [-0.3, -0.25) is 0 Å². The van der Waals surface area contributed by atoms with Crippen LogP contribution in [0.2, 0.25) is 0 Å². The second-order valence-electron chi connectivity index (χ2n) is 5.50. The summed E-state index contributed by atoms with van der Waals surface area (Å²) in [5, 5.41) is 11.7. The molecule has 1 atom stereocenters. The van der Waals surface area contributed by atoms with E-state index in [0.717, 1.165) is 23.3 Å². The third kappa shape index (κ3) is 2.21. The smallest absolute Gasteiger partial charge is 0.137 e. The van der Waals surface area contributed by atoms with Gasteiger partial charge in [-0.2, -0.15) is 0 Å². The minimum absolute atomic E-state index is 0.576. The predicted octanol–water partition coefficient (Wildman–Crippen LogP) is 2.38. The first-order valence-electron chi connectivity index (χ1n) is 7.39. The molecule has 1 aliphatic heterocycles. The number of carbonyl (C=O) groups excluding carboxylic acids is 1. The van der Waals surface area contributed by atoms with Crippen LogP contribution in [0.4, 0.5) is 4.79 Å². The number of hydrogen-bond acceptors (Lipinski definition) is 3. The molecule has 0 radical (unpaired) electrons. The molecule has 4 nitrogen and oxygen atoms in total. The van der Waals surface area contributed by atoms with Crippen molar-refractivity contribution in [1.82, 2.24) is 4.90 Å². The van der Waals surface area contributed by atoms with Crippen LogP contribution in [0.5, 0.6) is 5.75 Å². The Bertz CT molecular complexity index is 671. The fourth-order valence-corrected chi connectivity index (χ4v) is 3.29. The van der Waals surface area contributed by atoms with Crippen molar-refractivity contribution in [3.63, 3.8) is 0 Å². The van der Waals surface area contributed by atoms with Crippen molar-refractivity contribution in [3.8, 4) is 5.75 Å². The Morgan fingerprint density at radius 2 is 1.82 bits per heavy atom. The molecule has 1 amide bonds. The van der Waals surface area contributed by atoms with Crippen molar-refractivity contribution < 1.29 is 14.6 Å². The van der Waals surface area contributed by atoms with Gasteiger partial charge in [0.1, 0.15) is 11.8 Å². The molecule has 1 unspecified atom stereocenters. The summed E-state index contributed by atoms with van der Waals surface area (Å²) in [7, 11) is 1.57. The van der Waals surface area contributed by atoms with Crippen LogP contribution in [-0.2, 0) is 5.54 Å². The van der Waals surface area contributed by atoms with Crippen LogP contribution in [0.3, 0.4) is 0 Å². The van der Waals surface area contributed by atoms with Gasteiger partial charge in [0.15, 0.2) is 0 Å². The molecule has 2 aromatic carbocycles. The quantitative estimate of drug-likeness (QED) is 0.855. The molecule has 1 heterocycles. The maximum Gasteiger partial charge on any atom is 0.137 e. The van der Waals surface area contributed by atoms with Crippen molar-refractivity contribution in [2.45, 2.75) is 18.4 Å². The molecular weight excluding hydrogens is 278 g/mol. The minimum Gasteiger partial charge on any atom is -0.530 e. The maximum absolute atomic E-state index is 11.7. The summed E-state index contributed by atoms with van der Waals surface area (Å²) in [4.78, 5) is 13.0. The molecule has 1 aliphatic rings. The summed E-state index contributed by atoms with van der Waals surface area (Å²) in [5.74, 6) is 0.733. The zero-order valence-corrected chi connectivity index (χ0v) is 12.5. The number of hydrogen-bond donors (Lipinski definition) is 0. The number of amides is 1. The lowest BCUT2D eigenvalue weighted by Gasteiger charge is -2.44. The van der Waals surface area contributed by atoms with E-state index in [2.05, 4.69) is 0 Å². The lowest BCUT2D eigenvalue weighted by Crippen LogP contribution is -2.52. The minimum atomic E-state index is -1.19. The Morgan fingerprint density at radius 1 is 1.14 bits per heavy atom. The van der Waals surface area contributed by atoms with Crippen molar-refractivity contribution in [3.05, 3.63) is 65.7 Å². The molecule has 0 aliphatic carbocycles. The Hall–Kier alpha value is -2.49. The van der Waals surface area contributed by atoms with E-state index in [1.807, 2.05) is 54.6 Å². The Labute approximate surface area is 130 Å². The van der Waals surface area contributed by atoms with Crippen molar-refractivity contribution in [2.24, 2.45) is 0 Å². The molecule has 22 heavy (non-hydrogen) atoms. The van der Waals surface area contributed by atoms with Crippen LogP contribution in [0.1, 0.15) is 24.0 Å². The predicted molar refractivity (Wildman–Crippen MR) is 81.6 cm³/mol. The number of para-hydroxylation sites is 1. The van der Waals surface area contributed by atoms with Gasteiger partial charge < -0.3 is 19.5 Å². The third-order valence-electron chi connectivity index (χ3n) is 4.37. The molecule has 114 valence electrons. The SMILES string of the molecule is CN(C(=O)[O-])C1(c2ccccc2)CCCOc2ccccc21. The van der Waals surface area contributed by atoms with Gasteiger partial charge >= 0.3 is 0 Å². The van der Waals surface area contributed by atoms with Gasteiger partial charge in [0, 0.05) is 12.6 Å². The number of nitrogens with zero attached hydrogens (tertiary/aromatic N) is 1. The molecular formula is C18H18NO3-. The van der Waals surface area contributed by atoms with E-state index in [4.69, 9.17) is 4.74 Å². The molecule has 0 saturated carbocycles. The molecule has 0 aromatic heterocycles. The first kappa shape index (κ1) is 14.4. The standard InChI is InChI=1S/C18H19NO3/c1-19(17(20)21)18(14-8-3-2-4-9-14)12-7-13-22-16-11-6-5-10-15(16)18/h2-6,8-11H,7,12-13H2,1H3,(H,20,21)/p-1. The topological polar surface area (TPSA) is 52.6 Å². The molecule has 0 spiro atoms. The van der Waals surface area contributed by atoms with Crippen LogP contribution in [0.15, 0.2) is 54.6 Å². The Balaban J connectivity index is 2.28. The van der Waals surface area contributed by atoms with Gasteiger partial charge in [-0.15, -0.1) is 0 Å². The number of ether oxygens (including phenoxy) is 1. The molecule has 3 rings (SSSR count). The van der Waals surface area contributed by atoms with Gasteiger partial charge in [-0.1, -0.05) is 48.5 Å². The molecule has 0 bridgehead atoms. The normalized spacial score (nSPS) is 20.4.